The number of fused-ring (bicyclic) bond motifs is 1. The van der Waals surface area contributed by atoms with Crippen molar-refractivity contribution in [3.05, 3.63) is 77.9 Å². The topological polar surface area (TPSA) is 77.1 Å². The minimum absolute atomic E-state index is 0.0545. The van der Waals surface area contributed by atoms with Crippen LogP contribution < -0.4 is 24.4 Å². The molecule has 0 aromatic heterocycles. The molecule has 1 aliphatic rings. The van der Waals surface area contributed by atoms with Crippen molar-refractivity contribution >= 4 is 23.2 Å². The fraction of sp³-hybridized carbons (Fsp3) is 0.259. The molecule has 176 valence electrons. The van der Waals surface area contributed by atoms with Crippen LogP contribution >= 0.6 is 0 Å². The Balaban J connectivity index is 1.36. The number of anilines is 2. The molecule has 34 heavy (non-hydrogen) atoms. The maximum atomic E-state index is 12.5. The van der Waals surface area contributed by atoms with Crippen LogP contribution in [0.25, 0.3) is 0 Å². The van der Waals surface area contributed by atoms with Crippen LogP contribution in [0.15, 0.2) is 66.7 Å². The lowest BCUT2D eigenvalue weighted by Gasteiger charge is -2.29. The zero-order valence-corrected chi connectivity index (χ0v) is 19.4. The highest BCUT2D eigenvalue weighted by Gasteiger charge is 2.25. The fourth-order valence-electron chi connectivity index (χ4n) is 3.68. The van der Waals surface area contributed by atoms with E-state index in [4.69, 9.17) is 14.2 Å². The van der Waals surface area contributed by atoms with Crippen LogP contribution in [0.5, 0.6) is 17.2 Å². The highest BCUT2D eigenvalue weighted by atomic mass is 16.5. The molecule has 0 aliphatic carbocycles. The first-order valence-corrected chi connectivity index (χ1v) is 11.3. The van der Waals surface area contributed by atoms with E-state index in [2.05, 4.69) is 5.32 Å². The fourth-order valence-corrected chi connectivity index (χ4v) is 3.68. The summed E-state index contributed by atoms with van der Waals surface area (Å²) in [5.74, 6) is 1.82. The average Bonchev–Trinajstić information content (AvgIpc) is 2.83. The molecule has 0 fully saturated rings. The van der Waals surface area contributed by atoms with Gasteiger partial charge in [-0.25, -0.2) is 0 Å². The minimum Gasteiger partial charge on any atom is -0.494 e. The smallest absolute Gasteiger partial charge is 0.265 e. The minimum atomic E-state index is -0.139. The number of benzene rings is 3. The van der Waals surface area contributed by atoms with Crippen LogP contribution in [0.3, 0.4) is 0 Å². The quantitative estimate of drug-likeness (QED) is 0.513. The van der Waals surface area contributed by atoms with Gasteiger partial charge in [0, 0.05) is 11.8 Å². The molecule has 7 nitrogen and oxygen atoms in total. The van der Waals surface area contributed by atoms with E-state index in [0.717, 1.165) is 22.6 Å². The first kappa shape index (κ1) is 23.2. The van der Waals surface area contributed by atoms with Gasteiger partial charge in [-0.2, -0.15) is 0 Å². The second-order valence-corrected chi connectivity index (χ2v) is 7.98. The molecule has 3 aromatic rings. The third kappa shape index (κ3) is 5.86. The van der Waals surface area contributed by atoms with Gasteiger partial charge < -0.3 is 24.4 Å². The molecule has 1 heterocycles. The summed E-state index contributed by atoms with van der Waals surface area (Å²) in [5.41, 5.74) is 3.32. The molecule has 4 rings (SSSR count). The summed E-state index contributed by atoms with van der Waals surface area (Å²) in [6.07, 6.45) is 0.241. The Morgan fingerprint density at radius 2 is 1.71 bits per heavy atom. The number of rotatable bonds is 9. The van der Waals surface area contributed by atoms with E-state index in [9.17, 15) is 9.59 Å². The second-order valence-electron chi connectivity index (χ2n) is 7.98. The molecular formula is C27H28N2O5. The lowest BCUT2D eigenvalue weighted by molar-refractivity contribution is -0.121. The van der Waals surface area contributed by atoms with Gasteiger partial charge in [0.05, 0.1) is 25.3 Å². The third-order valence-electron chi connectivity index (χ3n) is 5.39. The third-order valence-corrected chi connectivity index (χ3v) is 5.39. The van der Waals surface area contributed by atoms with Crippen LogP contribution in [-0.2, 0) is 16.0 Å². The molecular weight excluding hydrogens is 432 g/mol. The van der Waals surface area contributed by atoms with Crippen molar-refractivity contribution in [2.75, 3.05) is 36.6 Å². The van der Waals surface area contributed by atoms with Gasteiger partial charge in [-0.3, -0.25) is 9.59 Å². The summed E-state index contributed by atoms with van der Waals surface area (Å²) in [7, 11) is 0. The molecule has 0 atom stereocenters. The van der Waals surface area contributed by atoms with Crippen molar-refractivity contribution in [2.24, 2.45) is 0 Å². The Bertz CT molecular complexity index is 1140. The molecule has 0 unspecified atom stereocenters. The Morgan fingerprint density at radius 1 is 1.00 bits per heavy atom. The second kappa shape index (κ2) is 10.7. The maximum Gasteiger partial charge on any atom is 0.265 e. The zero-order chi connectivity index (χ0) is 23.9. The van der Waals surface area contributed by atoms with Gasteiger partial charge >= 0.3 is 0 Å². The molecule has 7 heteroatoms. The van der Waals surface area contributed by atoms with Gasteiger partial charge in [0.2, 0.25) is 5.91 Å². The summed E-state index contributed by atoms with van der Waals surface area (Å²) in [6, 6.07) is 20.5. The molecule has 3 aromatic carbocycles. The van der Waals surface area contributed by atoms with Crippen molar-refractivity contribution in [1.29, 1.82) is 0 Å². The first-order chi connectivity index (χ1) is 16.5. The van der Waals surface area contributed by atoms with Crippen molar-refractivity contribution in [2.45, 2.75) is 20.3 Å². The van der Waals surface area contributed by atoms with Crippen molar-refractivity contribution in [1.82, 2.24) is 0 Å². The number of carbonyl (C=O) groups excluding carboxylic acids is 2. The van der Waals surface area contributed by atoms with Crippen LogP contribution in [0.4, 0.5) is 11.4 Å². The molecule has 0 bridgehead atoms. The molecule has 0 spiro atoms. The summed E-state index contributed by atoms with van der Waals surface area (Å²) in [6.45, 7) is 5.24. The lowest BCUT2D eigenvalue weighted by atomic mass is 10.1. The number of nitrogens with one attached hydrogen (secondary N) is 1. The van der Waals surface area contributed by atoms with Crippen molar-refractivity contribution < 1.29 is 23.8 Å². The van der Waals surface area contributed by atoms with Crippen molar-refractivity contribution in [3.8, 4) is 17.2 Å². The average molecular weight is 461 g/mol. The Labute approximate surface area is 199 Å². The number of hydrogen-bond acceptors (Lipinski definition) is 5. The normalized spacial score (nSPS) is 12.5. The largest absolute Gasteiger partial charge is 0.494 e. The lowest BCUT2D eigenvalue weighted by Crippen LogP contribution is -2.41. The first-order valence-electron chi connectivity index (χ1n) is 11.3. The summed E-state index contributed by atoms with van der Waals surface area (Å²) in [5, 5.41) is 2.90. The van der Waals surface area contributed by atoms with E-state index < -0.39 is 0 Å². The number of amides is 2. The van der Waals surface area contributed by atoms with E-state index in [1.165, 1.54) is 0 Å². The molecule has 1 N–H and O–H groups in total. The maximum absolute atomic E-state index is 12.5. The molecule has 0 radical (unpaired) electrons. The SMILES string of the molecule is CCOc1ccc(CC(=O)Nc2ccc3c(c2)OCC(=O)N3CCOc2ccc(C)cc2)cc1. The zero-order valence-electron chi connectivity index (χ0n) is 19.4. The van der Waals surface area contributed by atoms with Crippen LogP contribution in [0.1, 0.15) is 18.1 Å². The Hall–Kier alpha value is -4.00. The molecule has 0 saturated heterocycles. The summed E-state index contributed by atoms with van der Waals surface area (Å²) >= 11 is 0. The highest BCUT2D eigenvalue weighted by molar-refractivity contribution is 5.99. The van der Waals surface area contributed by atoms with E-state index in [1.807, 2.05) is 62.4 Å². The van der Waals surface area contributed by atoms with Gasteiger partial charge in [0.1, 0.15) is 23.9 Å². The van der Waals surface area contributed by atoms with E-state index in [1.54, 1.807) is 23.1 Å². The predicted molar refractivity (Wildman–Crippen MR) is 131 cm³/mol. The number of aryl methyl sites for hydroxylation is 1. The van der Waals surface area contributed by atoms with Crippen LogP contribution in [0.2, 0.25) is 0 Å². The van der Waals surface area contributed by atoms with Gasteiger partial charge in [0.25, 0.3) is 5.91 Å². The van der Waals surface area contributed by atoms with Crippen LogP contribution in [-0.4, -0.2) is 38.2 Å². The van der Waals surface area contributed by atoms with E-state index in [-0.39, 0.29) is 24.8 Å². The number of nitrogens with zero attached hydrogens (tertiary/aromatic N) is 1. The highest BCUT2D eigenvalue weighted by Crippen LogP contribution is 2.34. The Morgan fingerprint density at radius 3 is 2.44 bits per heavy atom. The van der Waals surface area contributed by atoms with Crippen molar-refractivity contribution in [3.63, 3.8) is 0 Å². The molecule has 0 saturated carbocycles. The number of hydrogen-bond donors (Lipinski definition) is 1. The summed E-state index contributed by atoms with van der Waals surface area (Å²) < 4.78 is 16.8. The van der Waals surface area contributed by atoms with E-state index >= 15 is 0 Å². The Kier molecular flexibility index (Phi) is 7.32. The van der Waals surface area contributed by atoms with Gasteiger partial charge in [-0.15, -0.1) is 0 Å². The summed E-state index contributed by atoms with van der Waals surface area (Å²) in [4.78, 5) is 26.6. The number of carbonyl (C=O) groups is 2. The molecule has 2 amide bonds. The monoisotopic (exact) mass is 460 g/mol. The van der Waals surface area contributed by atoms with Gasteiger partial charge in [0.15, 0.2) is 6.61 Å². The predicted octanol–water partition coefficient (Wildman–Crippen LogP) is 4.38. The van der Waals surface area contributed by atoms with Gasteiger partial charge in [-0.1, -0.05) is 29.8 Å². The van der Waals surface area contributed by atoms with Crippen LogP contribution in [0, 0.1) is 6.92 Å². The van der Waals surface area contributed by atoms with E-state index in [0.29, 0.717) is 36.9 Å². The van der Waals surface area contributed by atoms with Gasteiger partial charge in [-0.05, 0) is 55.8 Å². The standard InChI is InChI=1S/C27H28N2O5/c1-3-32-22-11-6-20(7-12-22)16-26(30)28-21-8-13-24-25(17-21)34-18-27(31)29(24)14-15-33-23-9-4-19(2)5-10-23/h4-13,17H,3,14-16,18H2,1-2H3,(H,28,30). The number of ether oxygens (including phenoxy) is 3. The molecule has 1 aliphatic heterocycles.